The van der Waals surface area contributed by atoms with Crippen LogP contribution in [0.3, 0.4) is 0 Å². The Morgan fingerprint density at radius 1 is 0.967 bits per heavy atom. The van der Waals surface area contributed by atoms with E-state index >= 15 is 0 Å². The molecule has 0 saturated carbocycles. The number of carbonyl (C=O) groups is 2. The van der Waals surface area contributed by atoms with Gasteiger partial charge in [-0.3, -0.25) is 20.4 Å². The number of benzene rings is 2. The molecule has 0 bridgehead atoms. The van der Waals surface area contributed by atoms with Gasteiger partial charge >= 0.3 is 0 Å². The van der Waals surface area contributed by atoms with Gasteiger partial charge in [0.05, 0.1) is 27.7 Å². The van der Waals surface area contributed by atoms with Crippen molar-refractivity contribution in [1.82, 2.24) is 25.2 Å². The second kappa shape index (κ2) is 7.68. The summed E-state index contributed by atoms with van der Waals surface area (Å²) in [7, 11) is 1.87. The van der Waals surface area contributed by atoms with Crippen LogP contribution in [-0.4, -0.2) is 26.2 Å². The van der Waals surface area contributed by atoms with E-state index in [1.54, 1.807) is 35.1 Å². The summed E-state index contributed by atoms with van der Waals surface area (Å²) >= 11 is 6.20. The Bertz CT molecular complexity index is 1270. The fourth-order valence-corrected chi connectivity index (χ4v) is 3.52. The molecule has 7 nitrogen and oxygen atoms in total. The second-order valence-corrected chi connectivity index (χ2v) is 7.40. The Kier molecular flexibility index (Phi) is 5.05. The first kappa shape index (κ1) is 19.7. The van der Waals surface area contributed by atoms with Gasteiger partial charge in [0.25, 0.3) is 11.8 Å². The van der Waals surface area contributed by atoms with Gasteiger partial charge in [-0.05, 0) is 44.2 Å². The Morgan fingerprint density at radius 3 is 2.30 bits per heavy atom. The molecule has 0 spiro atoms. The SMILES string of the molecule is Cc1nn(-c2ccc(C(=O)NNC(=O)c3cn(C)c4ccccc34)cc2)c(C)c1Cl. The lowest BCUT2D eigenvalue weighted by Crippen LogP contribution is -2.41. The summed E-state index contributed by atoms with van der Waals surface area (Å²) in [6.07, 6.45) is 1.74. The van der Waals surface area contributed by atoms with Gasteiger partial charge in [-0.15, -0.1) is 0 Å². The maximum Gasteiger partial charge on any atom is 0.271 e. The number of halogens is 1. The summed E-state index contributed by atoms with van der Waals surface area (Å²) < 4.78 is 3.59. The van der Waals surface area contributed by atoms with Crippen LogP contribution in [0.4, 0.5) is 0 Å². The summed E-state index contributed by atoms with van der Waals surface area (Å²) in [5.41, 5.74) is 9.14. The minimum Gasteiger partial charge on any atom is -0.350 e. The Labute approximate surface area is 178 Å². The number of aromatic nitrogens is 3. The first-order valence-corrected chi connectivity index (χ1v) is 9.71. The first-order valence-electron chi connectivity index (χ1n) is 9.33. The van der Waals surface area contributed by atoms with E-state index in [1.165, 1.54) is 0 Å². The van der Waals surface area contributed by atoms with Gasteiger partial charge in [0, 0.05) is 29.7 Å². The zero-order chi connectivity index (χ0) is 21.4. The minimum absolute atomic E-state index is 0.381. The summed E-state index contributed by atoms with van der Waals surface area (Å²) in [5.74, 6) is -0.796. The highest BCUT2D eigenvalue weighted by Crippen LogP contribution is 2.22. The molecule has 0 saturated heterocycles. The molecule has 2 amide bonds. The fraction of sp³-hybridized carbons (Fsp3) is 0.136. The Hall–Kier alpha value is -3.58. The van der Waals surface area contributed by atoms with Crippen LogP contribution >= 0.6 is 11.6 Å². The highest BCUT2D eigenvalue weighted by molar-refractivity contribution is 6.31. The van der Waals surface area contributed by atoms with Gasteiger partial charge < -0.3 is 4.57 Å². The van der Waals surface area contributed by atoms with Crippen LogP contribution in [0, 0.1) is 13.8 Å². The van der Waals surface area contributed by atoms with E-state index in [0.29, 0.717) is 16.1 Å². The van der Waals surface area contributed by atoms with Crippen LogP contribution in [0.1, 0.15) is 32.1 Å². The lowest BCUT2D eigenvalue weighted by molar-refractivity contribution is 0.0847. The molecule has 2 aromatic heterocycles. The van der Waals surface area contributed by atoms with Crippen molar-refractivity contribution in [3.05, 3.63) is 82.3 Å². The summed E-state index contributed by atoms with van der Waals surface area (Å²) in [5, 5.41) is 5.84. The quantitative estimate of drug-likeness (QED) is 0.495. The maximum absolute atomic E-state index is 12.6. The topological polar surface area (TPSA) is 81.0 Å². The van der Waals surface area contributed by atoms with Gasteiger partial charge in [-0.1, -0.05) is 29.8 Å². The highest BCUT2D eigenvalue weighted by Gasteiger charge is 2.15. The van der Waals surface area contributed by atoms with Crippen molar-refractivity contribution in [3.63, 3.8) is 0 Å². The van der Waals surface area contributed by atoms with E-state index in [1.807, 2.05) is 49.7 Å². The van der Waals surface area contributed by atoms with Crippen molar-refractivity contribution in [2.75, 3.05) is 0 Å². The van der Waals surface area contributed by atoms with Crippen LogP contribution in [0.5, 0.6) is 0 Å². The highest BCUT2D eigenvalue weighted by atomic mass is 35.5. The number of aryl methyl sites for hydroxylation is 2. The van der Waals surface area contributed by atoms with E-state index in [4.69, 9.17) is 11.6 Å². The molecule has 4 aromatic rings. The van der Waals surface area contributed by atoms with Crippen molar-refractivity contribution in [1.29, 1.82) is 0 Å². The molecule has 152 valence electrons. The second-order valence-electron chi connectivity index (χ2n) is 7.02. The zero-order valence-corrected chi connectivity index (χ0v) is 17.5. The van der Waals surface area contributed by atoms with E-state index < -0.39 is 5.91 Å². The van der Waals surface area contributed by atoms with Crippen LogP contribution in [0.15, 0.2) is 54.7 Å². The normalized spacial score (nSPS) is 10.9. The lowest BCUT2D eigenvalue weighted by atomic mass is 10.1. The number of nitrogens with zero attached hydrogens (tertiary/aromatic N) is 3. The van der Waals surface area contributed by atoms with Gasteiger partial charge in [-0.25, -0.2) is 4.68 Å². The Balaban J connectivity index is 1.46. The van der Waals surface area contributed by atoms with Crippen molar-refractivity contribution < 1.29 is 9.59 Å². The molecule has 0 atom stereocenters. The molecule has 0 radical (unpaired) electrons. The molecule has 0 aliphatic rings. The van der Waals surface area contributed by atoms with E-state index in [2.05, 4.69) is 16.0 Å². The molecule has 2 aromatic carbocycles. The van der Waals surface area contributed by atoms with Gasteiger partial charge in [0.15, 0.2) is 0 Å². The lowest BCUT2D eigenvalue weighted by Gasteiger charge is -2.08. The molecule has 0 unspecified atom stereocenters. The number of para-hydroxylation sites is 1. The molecular weight excluding hydrogens is 402 g/mol. The van der Waals surface area contributed by atoms with Crippen molar-refractivity contribution in [2.45, 2.75) is 13.8 Å². The molecule has 8 heteroatoms. The summed E-state index contributed by atoms with van der Waals surface area (Å²) in [6, 6.07) is 14.5. The van der Waals surface area contributed by atoms with E-state index in [0.717, 1.165) is 28.0 Å². The monoisotopic (exact) mass is 421 g/mol. The molecule has 30 heavy (non-hydrogen) atoms. The summed E-state index contributed by atoms with van der Waals surface area (Å²) in [4.78, 5) is 25.0. The van der Waals surface area contributed by atoms with Gasteiger partial charge in [0.1, 0.15) is 0 Å². The first-order chi connectivity index (χ1) is 14.4. The van der Waals surface area contributed by atoms with Crippen LogP contribution in [0.2, 0.25) is 5.02 Å². The third kappa shape index (κ3) is 3.44. The third-order valence-corrected chi connectivity index (χ3v) is 5.56. The summed E-state index contributed by atoms with van der Waals surface area (Å²) in [6.45, 7) is 3.72. The number of nitrogens with one attached hydrogen (secondary N) is 2. The number of hydrazine groups is 1. The molecule has 0 fully saturated rings. The van der Waals surface area contributed by atoms with Crippen LogP contribution in [-0.2, 0) is 7.05 Å². The fourth-order valence-electron chi connectivity index (χ4n) is 3.40. The number of fused-ring (bicyclic) bond motifs is 1. The maximum atomic E-state index is 12.6. The molecule has 0 aliphatic carbocycles. The molecule has 4 rings (SSSR count). The van der Waals surface area contributed by atoms with E-state index in [-0.39, 0.29) is 5.91 Å². The molecular formula is C22H20ClN5O2. The third-order valence-electron chi connectivity index (χ3n) is 5.01. The molecule has 0 aliphatic heterocycles. The average molecular weight is 422 g/mol. The average Bonchev–Trinajstić information content (AvgIpc) is 3.23. The van der Waals surface area contributed by atoms with Crippen LogP contribution < -0.4 is 10.9 Å². The smallest absolute Gasteiger partial charge is 0.271 e. The molecule has 2 heterocycles. The van der Waals surface area contributed by atoms with Crippen molar-refractivity contribution >= 4 is 34.3 Å². The number of hydrogen-bond donors (Lipinski definition) is 2. The van der Waals surface area contributed by atoms with E-state index in [9.17, 15) is 9.59 Å². The van der Waals surface area contributed by atoms with Crippen molar-refractivity contribution in [3.8, 4) is 5.69 Å². The zero-order valence-electron chi connectivity index (χ0n) is 16.7. The predicted octanol–water partition coefficient (Wildman–Crippen LogP) is 3.71. The number of hydrogen-bond acceptors (Lipinski definition) is 3. The van der Waals surface area contributed by atoms with Gasteiger partial charge in [0.2, 0.25) is 0 Å². The van der Waals surface area contributed by atoms with Gasteiger partial charge in [-0.2, -0.15) is 5.10 Å². The minimum atomic E-state index is -0.415. The number of amides is 2. The van der Waals surface area contributed by atoms with Crippen molar-refractivity contribution in [2.24, 2.45) is 7.05 Å². The largest absolute Gasteiger partial charge is 0.350 e. The molecule has 2 N–H and O–H groups in total. The number of rotatable bonds is 3. The standard InChI is InChI=1S/C22H20ClN5O2/c1-13-20(23)14(2)28(26-13)16-10-8-15(9-11-16)21(29)24-25-22(30)18-12-27(3)19-7-5-4-6-17(18)19/h4-12H,1-3H3,(H,24,29)(H,25,30). The Morgan fingerprint density at radius 2 is 1.63 bits per heavy atom. The predicted molar refractivity (Wildman–Crippen MR) is 116 cm³/mol. The van der Waals surface area contributed by atoms with Crippen LogP contribution in [0.25, 0.3) is 16.6 Å². The number of carbonyl (C=O) groups excluding carboxylic acids is 2.